The van der Waals surface area contributed by atoms with E-state index in [0.29, 0.717) is 12.4 Å². The Morgan fingerprint density at radius 1 is 1.16 bits per heavy atom. The molecule has 31 heavy (non-hydrogen) atoms. The van der Waals surface area contributed by atoms with Gasteiger partial charge in [-0.2, -0.15) is 13.2 Å². The molecule has 0 saturated carbocycles. The highest BCUT2D eigenvalue weighted by Crippen LogP contribution is 2.31. The second-order valence-corrected chi connectivity index (χ2v) is 6.66. The van der Waals surface area contributed by atoms with Gasteiger partial charge >= 0.3 is 6.18 Å². The summed E-state index contributed by atoms with van der Waals surface area (Å²) in [5.41, 5.74) is 4.45. The van der Waals surface area contributed by atoms with Gasteiger partial charge in [-0.25, -0.2) is 14.4 Å². The third-order valence-corrected chi connectivity index (χ3v) is 4.28. The average Bonchev–Trinajstić information content (AvgIpc) is 3.15. The minimum atomic E-state index is -4.47. The summed E-state index contributed by atoms with van der Waals surface area (Å²) in [6.07, 6.45) is -1.46. The van der Waals surface area contributed by atoms with Gasteiger partial charge in [0.05, 0.1) is 11.7 Å². The Labute approximate surface area is 179 Å². The second-order valence-electron chi connectivity index (χ2n) is 6.66. The van der Waals surface area contributed by atoms with Crippen LogP contribution in [0.1, 0.15) is 17.5 Å². The molecule has 1 saturated heterocycles. The van der Waals surface area contributed by atoms with Crippen molar-refractivity contribution in [1.82, 2.24) is 14.9 Å². The van der Waals surface area contributed by atoms with Crippen molar-refractivity contribution in [3.8, 4) is 0 Å². The summed E-state index contributed by atoms with van der Waals surface area (Å²) >= 11 is 0. The van der Waals surface area contributed by atoms with E-state index in [1.807, 2.05) is 0 Å². The van der Waals surface area contributed by atoms with Crippen LogP contribution in [0.3, 0.4) is 0 Å². The van der Waals surface area contributed by atoms with Crippen LogP contribution in [0.5, 0.6) is 0 Å². The molecule has 160 valence electrons. The molecule has 1 amide bonds. The van der Waals surface area contributed by atoms with Crippen molar-refractivity contribution in [2.75, 3.05) is 18.8 Å². The van der Waals surface area contributed by atoms with Crippen LogP contribution in [0.4, 0.5) is 23.5 Å². The van der Waals surface area contributed by atoms with Crippen LogP contribution < -0.4 is 5.73 Å². The van der Waals surface area contributed by atoms with E-state index in [-0.39, 0.29) is 18.7 Å². The number of rotatable bonds is 4. The van der Waals surface area contributed by atoms with Gasteiger partial charge in [-0.1, -0.05) is 18.7 Å². The van der Waals surface area contributed by atoms with Gasteiger partial charge in [-0.05, 0) is 30.2 Å². The molecule has 1 aliphatic rings. The van der Waals surface area contributed by atoms with E-state index in [9.17, 15) is 22.4 Å². The average molecular weight is 432 g/mol. The molecule has 12 heteroatoms. The summed E-state index contributed by atoms with van der Waals surface area (Å²) in [4.78, 5) is 20.0. The zero-order valence-corrected chi connectivity index (χ0v) is 16.3. The van der Waals surface area contributed by atoms with Crippen LogP contribution in [0.2, 0.25) is 0 Å². The monoisotopic (exact) mass is 432 g/mol. The smallest absolute Gasteiger partial charge is 0.385 e. The number of anilines is 1. The Hall–Kier alpha value is -2.88. The van der Waals surface area contributed by atoms with E-state index in [4.69, 9.17) is 26.2 Å². The van der Waals surface area contributed by atoms with Crippen molar-refractivity contribution >= 4 is 27.5 Å². The van der Waals surface area contributed by atoms with E-state index < -0.39 is 35.0 Å². The van der Waals surface area contributed by atoms with Gasteiger partial charge < -0.3 is 15.4 Å². The molecule has 1 aromatic heterocycles. The largest absolute Gasteiger partial charge is 0.416 e. The van der Waals surface area contributed by atoms with Crippen LogP contribution in [0.25, 0.3) is 0 Å². The van der Waals surface area contributed by atoms with E-state index in [1.165, 1.54) is 4.90 Å². The predicted molar refractivity (Wildman–Crippen MR) is 107 cm³/mol. The number of amides is 1. The number of nitrogens with zero attached hydrogens (tertiary/aromatic N) is 3. The maximum absolute atomic E-state index is 12.8. The summed E-state index contributed by atoms with van der Waals surface area (Å²) in [5, 5.41) is -1.83. The topological polar surface area (TPSA) is 81.3 Å². The molecular formula is C19H18B2F4N4O2. The highest BCUT2D eigenvalue weighted by molar-refractivity contribution is 6.38. The van der Waals surface area contributed by atoms with Gasteiger partial charge in [-0.3, -0.25) is 4.79 Å². The summed E-state index contributed by atoms with van der Waals surface area (Å²) in [6.45, 7) is 3.25. The lowest BCUT2D eigenvalue weighted by atomic mass is 9.61. The van der Waals surface area contributed by atoms with E-state index in [1.54, 1.807) is 18.5 Å². The lowest BCUT2D eigenvalue weighted by molar-refractivity contribution is -0.137. The molecule has 2 heterocycles. The Balaban J connectivity index is 0.000000412. The number of halogens is 4. The predicted octanol–water partition coefficient (Wildman–Crippen LogP) is 2.31. The van der Waals surface area contributed by atoms with Crippen molar-refractivity contribution in [3.63, 3.8) is 0 Å². The highest BCUT2D eigenvalue weighted by atomic mass is 19.4. The molecule has 1 aliphatic heterocycles. The van der Waals surface area contributed by atoms with Gasteiger partial charge in [0.25, 0.3) is 5.91 Å². The minimum absolute atomic E-state index is 0.0680. The lowest BCUT2D eigenvalue weighted by Gasteiger charge is -2.31. The van der Waals surface area contributed by atoms with Gasteiger partial charge in [0.2, 0.25) is 5.95 Å². The first-order valence-corrected chi connectivity index (χ1v) is 8.99. The van der Waals surface area contributed by atoms with Gasteiger partial charge in [0.15, 0.2) is 5.83 Å². The fraction of sp³-hybridized carbons (Fsp3) is 0.316. The molecule has 1 fully saturated rings. The number of nitrogens with two attached hydrogens (primary N) is 1. The van der Waals surface area contributed by atoms with Crippen LogP contribution in [-0.4, -0.2) is 55.7 Å². The minimum Gasteiger partial charge on any atom is -0.385 e. The van der Waals surface area contributed by atoms with Crippen molar-refractivity contribution in [1.29, 1.82) is 0 Å². The molecule has 1 unspecified atom stereocenters. The number of alkyl halides is 3. The lowest BCUT2D eigenvalue weighted by Crippen LogP contribution is -2.37. The number of aromatic nitrogens is 2. The maximum Gasteiger partial charge on any atom is 0.416 e. The van der Waals surface area contributed by atoms with Gasteiger partial charge in [0.1, 0.15) is 15.7 Å². The Bertz CT molecular complexity index is 896. The van der Waals surface area contributed by atoms with Crippen molar-refractivity contribution in [2.24, 2.45) is 0 Å². The van der Waals surface area contributed by atoms with Gasteiger partial charge in [-0.15, -0.1) is 0 Å². The molecule has 0 spiro atoms. The molecular weight excluding hydrogens is 414 g/mol. The van der Waals surface area contributed by atoms with Crippen LogP contribution >= 0.6 is 0 Å². The zero-order valence-electron chi connectivity index (χ0n) is 16.3. The fourth-order valence-electron chi connectivity index (χ4n) is 2.75. The van der Waals surface area contributed by atoms with Crippen molar-refractivity contribution in [2.45, 2.75) is 24.1 Å². The standard InChI is InChI=1S/C15H13B2F4NO2.C4H5N3/c1-9(18)13(23)22-7-6-12(8-22)24-14(16,17)10-2-4-11(5-3-10)15(19,20)21;5-4-6-2-1-3-7-4/h2-5,12H,1,6-8H2;1-3H,(H2,5,6,7). The van der Waals surface area contributed by atoms with E-state index >= 15 is 0 Å². The number of likely N-dealkylation sites (tertiary alicyclic amines) is 1. The summed E-state index contributed by atoms with van der Waals surface area (Å²) in [7, 11) is 11.7. The first-order valence-electron chi connectivity index (χ1n) is 8.99. The van der Waals surface area contributed by atoms with Crippen LogP contribution in [0, 0.1) is 0 Å². The Kier molecular flexibility index (Phi) is 7.83. The number of benzene rings is 1. The summed E-state index contributed by atoms with van der Waals surface area (Å²) in [5.74, 6) is -1.59. The number of hydrogen-bond donors (Lipinski definition) is 1. The highest BCUT2D eigenvalue weighted by Gasteiger charge is 2.34. The van der Waals surface area contributed by atoms with E-state index in [2.05, 4.69) is 16.5 Å². The zero-order chi connectivity index (χ0) is 23.2. The number of carbonyl (C=O) groups is 1. The quantitative estimate of drug-likeness (QED) is 0.456. The molecule has 1 atom stereocenters. The third-order valence-electron chi connectivity index (χ3n) is 4.28. The molecule has 6 nitrogen and oxygen atoms in total. The second kappa shape index (κ2) is 9.95. The molecule has 2 N–H and O–H groups in total. The van der Waals surface area contributed by atoms with Crippen molar-refractivity contribution < 1.29 is 27.1 Å². The van der Waals surface area contributed by atoms with Gasteiger partial charge in [0, 0.05) is 30.9 Å². The van der Waals surface area contributed by atoms with Crippen LogP contribution in [0.15, 0.2) is 55.1 Å². The van der Waals surface area contributed by atoms with Crippen molar-refractivity contribution in [3.05, 3.63) is 66.3 Å². The first-order chi connectivity index (χ1) is 14.4. The summed E-state index contributed by atoms with van der Waals surface area (Å²) in [6, 6.07) is 5.68. The molecule has 3 rings (SSSR count). The number of carbonyl (C=O) groups excluding carboxylic acids is 1. The van der Waals surface area contributed by atoms with E-state index in [0.717, 1.165) is 24.3 Å². The number of nitrogen functional groups attached to an aromatic ring is 1. The third kappa shape index (κ3) is 7.09. The maximum atomic E-state index is 12.8. The normalized spacial score (nSPS) is 16.4. The number of hydrogen-bond acceptors (Lipinski definition) is 5. The number of ether oxygens (including phenoxy) is 1. The molecule has 0 aliphatic carbocycles. The first kappa shape index (κ1) is 24.4. The SMILES string of the molecule is Nc1ncccn1.[B]C([B])(OC1CCN(C(=O)C(=C)F)C1)c1ccc(C(F)(F)F)cc1. The fourth-order valence-corrected chi connectivity index (χ4v) is 2.75. The summed E-state index contributed by atoms with van der Waals surface area (Å²) < 4.78 is 56.0. The molecule has 1 aromatic carbocycles. The molecule has 2 aromatic rings. The Morgan fingerprint density at radius 2 is 1.71 bits per heavy atom. The van der Waals surface area contributed by atoms with Crippen LogP contribution in [-0.2, 0) is 21.1 Å². The molecule has 4 radical (unpaired) electrons. The molecule has 0 bridgehead atoms. The Morgan fingerprint density at radius 3 is 2.16 bits per heavy atom.